The Morgan fingerprint density at radius 1 is 0.889 bits per heavy atom. The first-order valence-electron chi connectivity index (χ1n) is 8.82. The van der Waals surface area contributed by atoms with Gasteiger partial charge in [-0.1, -0.05) is 50.2 Å². The first-order chi connectivity index (χ1) is 13.1. The zero-order valence-electron chi connectivity index (χ0n) is 15.1. The summed E-state index contributed by atoms with van der Waals surface area (Å²) in [7, 11) is 0. The molecule has 0 aliphatic heterocycles. The van der Waals surface area contributed by atoms with Crippen LogP contribution in [0.1, 0.15) is 54.9 Å². The number of hydrogen-bond donors (Lipinski definition) is 0. The first-order valence-corrected chi connectivity index (χ1v) is 9.22. The summed E-state index contributed by atoms with van der Waals surface area (Å²) in [6.07, 6.45) is 5.94. The average molecular weight is 379 g/mol. The van der Waals surface area contributed by atoms with E-state index in [0.29, 0.717) is 0 Å². The van der Waals surface area contributed by atoms with Crippen LogP contribution in [0.2, 0.25) is 0 Å². The van der Waals surface area contributed by atoms with Crippen LogP contribution in [0.3, 0.4) is 0 Å². The van der Waals surface area contributed by atoms with Gasteiger partial charge in [0.15, 0.2) is 0 Å². The van der Waals surface area contributed by atoms with E-state index in [1.807, 2.05) is 29.4 Å². The molecule has 0 amide bonds. The van der Waals surface area contributed by atoms with Gasteiger partial charge in [-0.25, -0.2) is 8.78 Å². The van der Waals surface area contributed by atoms with E-state index in [4.69, 9.17) is 0 Å². The Hall–Kier alpha value is -2.78. The minimum absolute atomic E-state index is 0.0139. The van der Waals surface area contributed by atoms with E-state index in [9.17, 15) is 8.78 Å². The minimum Gasteiger partial charge on any atom is -0.206 e. The molecule has 0 saturated carbocycles. The maximum atomic E-state index is 14.1. The van der Waals surface area contributed by atoms with Crippen molar-refractivity contribution in [3.8, 4) is 23.8 Å². The van der Waals surface area contributed by atoms with Crippen molar-refractivity contribution in [1.82, 2.24) is 0 Å². The molecule has 136 valence electrons. The smallest absolute Gasteiger partial charge is 0.140 e. The molecule has 0 N–H and O–H groups in total. The van der Waals surface area contributed by atoms with Crippen molar-refractivity contribution in [3.63, 3.8) is 0 Å². The van der Waals surface area contributed by atoms with Crippen molar-refractivity contribution in [3.05, 3.63) is 70.3 Å². The summed E-state index contributed by atoms with van der Waals surface area (Å²) < 4.78 is 28.1. The largest absolute Gasteiger partial charge is 0.206 e. The Balaban J connectivity index is 2.10. The van der Waals surface area contributed by atoms with Crippen LogP contribution < -0.4 is 0 Å². The number of benzene rings is 2. The fourth-order valence-electron chi connectivity index (χ4n) is 2.50. The Labute approximate surface area is 164 Å². The van der Waals surface area contributed by atoms with Crippen molar-refractivity contribution < 1.29 is 8.78 Å². The molecule has 2 aromatic rings. The Morgan fingerprint density at radius 3 is 2.19 bits per heavy atom. The maximum Gasteiger partial charge on any atom is 0.140 e. The standard InChI is InChI=1S/C23H19F2NS/c1-2-3-4-5-6-18-7-9-19(10-8-18)11-12-20-15-23(25)21(16-22(20)24)13-14-26-17-27/h7-10,15-16H,2-6H2,1H3. The number of nitrogens with zero attached hydrogens (tertiary/aromatic N) is 1. The number of unbranched alkanes of at least 4 members (excludes halogenated alkanes) is 3. The van der Waals surface area contributed by atoms with E-state index in [0.717, 1.165) is 24.1 Å². The van der Waals surface area contributed by atoms with Crippen molar-refractivity contribution >= 4 is 17.4 Å². The van der Waals surface area contributed by atoms with Crippen LogP contribution in [0.5, 0.6) is 0 Å². The monoisotopic (exact) mass is 379 g/mol. The molecule has 1 nitrogen and oxygen atoms in total. The van der Waals surface area contributed by atoms with Crippen LogP contribution in [0, 0.1) is 35.4 Å². The highest BCUT2D eigenvalue weighted by molar-refractivity contribution is 7.78. The molecule has 27 heavy (non-hydrogen) atoms. The Bertz CT molecular complexity index is 950. The van der Waals surface area contributed by atoms with Gasteiger partial charge in [-0.15, -0.1) is 4.99 Å². The molecule has 0 atom stereocenters. The van der Waals surface area contributed by atoms with Crippen LogP contribution in [-0.2, 0) is 6.42 Å². The zero-order chi connectivity index (χ0) is 19.5. The molecule has 0 aliphatic carbocycles. The summed E-state index contributed by atoms with van der Waals surface area (Å²) in [5.41, 5.74) is 1.90. The topological polar surface area (TPSA) is 12.4 Å². The summed E-state index contributed by atoms with van der Waals surface area (Å²) in [6.45, 7) is 2.19. The third-order valence-electron chi connectivity index (χ3n) is 3.96. The SMILES string of the molecule is CCCCCCc1ccc(C#Cc2cc(F)c(C#CN=C=S)cc2F)cc1. The lowest BCUT2D eigenvalue weighted by Crippen LogP contribution is -1.91. The van der Waals surface area contributed by atoms with E-state index in [2.05, 4.69) is 47.9 Å². The maximum absolute atomic E-state index is 14.1. The van der Waals surface area contributed by atoms with E-state index in [1.54, 1.807) is 0 Å². The molecule has 0 bridgehead atoms. The predicted molar refractivity (Wildman–Crippen MR) is 109 cm³/mol. The lowest BCUT2D eigenvalue weighted by molar-refractivity contribution is 0.594. The van der Waals surface area contributed by atoms with Crippen molar-refractivity contribution in [1.29, 1.82) is 0 Å². The van der Waals surface area contributed by atoms with E-state index < -0.39 is 11.6 Å². The van der Waals surface area contributed by atoms with E-state index in [1.165, 1.54) is 31.2 Å². The van der Waals surface area contributed by atoms with Crippen molar-refractivity contribution in [2.24, 2.45) is 4.99 Å². The lowest BCUT2D eigenvalue weighted by atomic mass is 10.0. The second-order valence-corrected chi connectivity index (χ2v) is 6.19. The van der Waals surface area contributed by atoms with Crippen molar-refractivity contribution in [2.45, 2.75) is 39.0 Å². The number of thiocarbonyl (C=S) groups is 1. The van der Waals surface area contributed by atoms with Crippen LogP contribution in [0.25, 0.3) is 0 Å². The van der Waals surface area contributed by atoms with Crippen molar-refractivity contribution in [2.75, 3.05) is 0 Å². The Morgan fingerprint density at radius 2 is 1.56 bits per heavy atom. The molecule has 0 aliphatic rings. The van der Waals surface area contributed by atoms with Crippen LogP contribution in [-0.4, -0.2) is 5.16 Å². The van der Waals surface area contributed by atoms with Gasteiger partial charge in [0.2, 0.25) is 0 Å². The average Bonchev–Trinajstić information content (AvgIpc) is 2.67. The zero-order valence-corrected chi connectivity index (χ0v) is 15.9. The highest BCUT2D eigenvalue weighted by Gasteiger charge is 2.07. The molecule has 4 heteroatoms. The quantitative estimate of drug-likeness (QED) is 0.273. The number of aryl methyl sites for hydroxylation is 1. The molecule has 0 spiro atoms. The summed E-state index contributed by atoms with van der Waals surface area (Å²) in [5.74, 6) is 6.64. The summed E-state index contributed by atoms with van der Waals surface area (Å²) in [5, 5.41) is 2.04. The minimum atomic E-state index is -0.657. The number of isothiocyanates is 1. The summed E-state index contributed by atoms with van der Waals surface area (Å²) in [4.78, 5) is 3.36. The van der Waals surface area contributed by atoms with Crippen LogP contribution in [0.4, 0.5) is 8.78 Å². The van der Waals surface area contributed by atoms with Gasteiger partial charge in [0, 0.05) is 5.56 Å². The third-order valence-corrected chi connectivity index (χ3v) is 4.05. The van der Waals surface area contributed by atoms with Gasteiger partial charge >= 0.3 is 0 Å². The lowest BCUT2D eigenvalue weighted by Gasteiger charge is -2.01. The molecular weight excluding hydrogens is 360 g/mol. The number of rotatable bonds is 5. The molecule has 0 heterocycles. The van der Waals surface area contributed by atoms with Gasteiger partial charge in [-0.3, -0.25) is 0 Å². The van der Waals surface area contributed by atoms with E-state index >= 15 is 0 Å². The van der Waals surface area contributed by atoms with Gasteiger partial charge in [0.25, 0.3) is 0 Å². The molecule has 0 fully saturated rings. The van der Waals surface area contributed by atoms with Gasteiger partial charge in [0.05, 0.1) is 22.3 Å². The van der Waals surface area contributed by atoms with Gasteiger partial charge < -0.3 is 0 Å². The highest BCUT2D eigenvalue weighted by Crippen LogP contribution is 2.14. The number of hydrogen-bond acceptors (Lipinski definition) is 2. The predicted octanol–water partition coefficient (Wildman–Crippen LogP) is 5.90. The Kier molecular flexibility index (Phi) is 8.40. The second kappa shape index (κ2) is 11.0. The second-order valence-electron chi connectivity index (χ2n) is 6.01. The van der Waals surface area contributed by atoms with Gasteiger partial charge in [-0.05, 0) is 60.8 Å². The molecule has 0 unspecified atom stereocenters. The number of halogens is 2. The molecular formula is C23H19F2NS. The third kappa shape index (κ3) is 6.80. The fraction of sp³-hybridized carbons (Fsp3) is 0.261. The van der Waals surface area contributed by atoms with Gasteiger partial charge in [-0.2, -0.15) is 0 Å². The molecule has 0 saturated heterocycles. The van der Waals surface area contributed by atoms with E-state index in [-0.39, 0.29) is 11.1 Å². The number of aliphatic imine (C=N–C) groups is 1. The molecule has 0 aromatic heterocycles. The van der Waals surface area contributed by atoms with Crippen LogP contribution in [0.15, 0.2) is 41.4 Å². The molecule has 2 rings (SSSR count). The highest BCUT2D eigenvalue weighted by atomic mass is 32.1. The molecule has 0 radical (unpaired) electrons. The normalized spacial score (nSPS) is 9.44. The van der Waals surface area contributed by atoms with Gasteiger partial charge in [0.1, 0.15) is 11.6 Å². The summed E-state index contributed by atoms with van der Waals surface area (Å²) in [6, 6.07) is 12.1. The first kappa shape index (κ1) is 20.5. The molecule has 2 aromatic carbocycles. The van der Waals surface area contributed by atoms with Crippen LogP contribution >= 0.6 is 12.2 Å². The fourth-order valence-corrected chi connectivity index (χ4v) is 2.55. The summed E-state index contributed by atoms with van der Waals surface area (Å²) >= 11 is 4.36.